The summed E-state index contributed by atoms with van der Waals surface area (Å²) in [5.74, 6) is 0.246. The van der Waals surface area contributed by atoms with Crippen molar-refractivity contribution in [1.29, 1.82) is 0 Å². The van der Waals surface area contributed by atoms with E-state index in [2.05, 4.69) is 0 Å². The van der Waals surface area contributed by atoms with Gasteiger partial charge in [0.25, 0.3) is 5.91 Å². The maximum atomic E-state index is 12.3. The predicted molar refractivity (Wildman–Crippen MR) is 73.6 cm³/mol. The zero-order valence-corrected chi connectivity index (χ0v) is 11.8. The third-order valence-electron chi connectivity index (χ3n) is 3.42. The molecule has 0 spiro atoms. The van der Waals surface area contributed by atoms with Crippen LogP contribution in [0, 0.1) is 5.92 Å². The van der Waals surface area contributed by atoms with Gasteiger partial charge in [-0.1, -0.05) is 0 Å². The van der Waals surface area contributed by atoms with E-state index in [9.17, 15) is 9.59 Å². The fraction of sp³-hybridized carbons (Fsp3) is 0.467. The second kappa shape index (κ2) is 6.41. The number of hydrogen-bond donors (Lipinski definition) is 0. The molecule has 20 heavy (non-hydrogen) atoms. The van der Waals surface area contributed by atoms with Gasteiger partial charge in [0.15, 0.2) is 0 Å². The van der Waals surface area contributed by atoms with E-state index in [1.807, 2.05) is 6.92 Å². The highest BCUT2D eigenvalue weighted by Gasteiger charge is 2.31. The van der Waals surface area contributed by atoms with Crippen LogP contribution >= 0.6 is 0 Å². The van der Waals surface area contributed by atoms with Crippen molar-refractivity contribution in [2.45, 2.75) is 13.3 Å². The number of hydrogen-bond acceptors (Lipinski definition) is 4. The number of carbonyl (C=O) groups excluding carboxylic acids is 2. The number of rotatable bonds is 4. The molecule has 5 nitrogen and oxygen atoms in total. The highest BCUT2D eigenvalue weighted by atomic mass is 16.5. The third-order valence-corrected chi connectivity index (χ3v) is 3.42. The largest absolute Gasteiger partial charge is 0.494 e. The van der Waals surface area contributed by atoms with Gasteiger partial charge in [0.1, 0.15) is 5.75 Å². The summed E-state index contributed by atoms with van der Waals surface area (Å²) in [5.41, 5.74) is 0.610. The number of methoxy groups -OCH3 is 1. The molecule has 1 amide bonds. The number of amides is 1. The molecule has 1 aromatic rings. The topological polar surface area (TPSA) is 55.8 Å². The van der Waals surface area contributed by atoms with Crippen molar-refractivity contribution in [1.82, 2.24) is 4.90 Å². The van der Waals surface area contributed by atoms with Crippen molar-refractivity contribution in [3.05, 3.63) is 29.8 Å². The van der Waals surface area contributed by atoms with Crippen LogP contribution in [0.1, 0.15) is 23.7 Å². The first-order chi connectivity index (χ1) is 9.65. The van der Waals surface area contributed by atoms with Crippen LogP contribution in [-0.4, -0.2) is 43.6 Å². The van der Waals surface area contributed by atoms with Gasteiger partial charge in [-0.25, -0.2) is 0 Å². The molecule has 1 saturated heterocycles. The molecule has 1 aliphatic rings. The van der Waals surface area contributed by atoms with Crippen LogP contribution in [0.3, 0.4) is 0 Å². The molecule has 0 aromatic heterocycles. The minimum absolute atomic E-state index is 0.0561. The molecular formula is C15H19NO4. The van der Waals surface area contributed by atoms with E-state index < -0.39 is 0 Å². The summed E-state index contributed by atoms with van der Waals surface area (Å²) in [5, 5.41) is 0. The van der Waals surface area contributed by atoms with E-state index in [0.29, 0.717) is 31.7 Å². The summed E-state index contributed by atoms with van der Waals surface area (Å²) in [7, 11) is 1.37. The molecule has 0 radical (unpaired) electrons. The van der Waals surface area contributed by atoms with Crippen LogP contribution < -0.4 is 4.74 Å². The van der Waals surface area contributed by atoms with E-state index in [-0.39, 0.29) is 17.8 Å². The number of benzene rings is 1. The van der Waals surface area contributed by atoms with Crippen molar-refractivity contribution in [2.24, 2.45) is 5.92 Å². The van der Waals surface area contributed by atoms with Gasteiger partial charge in [-0.15, -0.1) is 0 Å². The maximum absolute atomic E-state index is 12.3. The van der Waals surface area contributed by atoms with Crippen molar-refractivity contribution < 1.29 is 19.1 Å². The standard InChI is InChI=1S/C15H19NO4/c1-3-20-13-6-4-11(5-7-13)14(17)16-9-8-12(10-16)15(18)19-2/h4-7,12H,3,8-10H2,1-2H3. The van der Waals surface area contributed by atoms with E-state index in [4.69, 9.17) is 9.47 Å². The fourth-order valence-electron chi connectivity index (χ4n) is 2.35. The Morgan fingerprint density at radius 1 is 1.30 bits per heavy atom. The number of ether oxygens (including phenoxy) is 2. The Hall–Kier alpha value is -2.04. The lowest BCUT2D eigenvalue weighted by Crippen LogP contribution is -2.30. The molecule has 108 valence electrons. The zero-order valence-electron chi connectivity index (χ0n) is 11.8. The minimum Gasteiger partial charge on any atom is -0.494 e. The predicted octanol–water partition coefficient (Wildman–Crippen LogP) is 1.72. The highest BCUT2D eigenvalue weighted by Crippen LogP contribution is 2.21. The van der Waals surface area contributed by atoms with E-state index in [1.54, 1.807) is 29.2 Å². The van der Waals surface area contributed by atoms with Crippen LogP contribution in [0.4, 0.5) is 0 Å². The molecule has 0 aliphatic carbocycles. The average Bonchev–Trinajstić information content (AvgIpc) is 2.96. The Labute approximate surface area is 118 Å². The molecule has 2 rings (SSSR count). The normalized spacial score (nSPS) is 17.9. The van der Waals surface area contributed by atoms with Crippen LogP contribution in [0.2, 0.25) is 0 Å². The highest BCUT2D eigenvalue weighted by molar-refractivity contribution is 5.95. The van der Waals surface area contributed by atoms with Gasteiger partial charge in [0, 0.05) is 18.7 Å². The van der Waals surface area contributed by atoms with Gasteiger partial charge in [-0.05, 0) is 37.6 Å². The average molecular weight is 277 g/mol. The molecule has 1 aromatic carbocycles. The van der Waals surface area contributed by atoms with E-state index in [0.717, 1.165) is 5.75 Å². The van der Waals surface area contributed by atoms with Crippen LogP contribution in [0.5, 0.6) is 5.75 Å². The molecule has 0 bridgehead atoms. The molecule has 0 saturated carbocycles. The molecule has 5 heteroatoms. The Kier molecular flexibility index (Phi) is 4.61. The maximum Gasteiger partial charge on any atom is 0.310 e. The van der Waals surface area contributed by atoms with Crippen molar-refractivity contribution in [2.75, 3.05) is 26.8 Å². The Bertz CT molecular complexity index is 483. The quantitative estimate of drug-likeness (QED) is 0.786. The summed E-state index contributed by atoms with van der Waals surface area (Å²) >= 11 is 0. The van der Waals surface area contributed by atoms with Gasteiger partial charge in [-0.3, -0.25) is 9.59 Å². The minimum atomic E-state index is -0.244. The molecule has 1 fully saturated rings. The van der Waals surface area contributed by atoms with Gasteiger partial charge in [0.2, 0.25) is 0 Å². The molecule has 0 N–H and O–H groups in total. The molecular weight excluding hydrogens is 258 g/mol. The first-order valence-electron chi connectivity index (χ1n) is 6.75. The van der Waals surface area contributed by atoms with Crippen LogP contribution in [0.15, 0.2) is 24.3 Å². The number of likely N-dealkylation sites (tertiary alicyclic amines) is 1. The second-order valence-electron chi connectivity index (χ2n) is 4.72. The summed E-state index contributed by atoms with van der Waals surface area (Å²) in [6.07, 6.45) is 0.662. The van der Waals surface area contributed by atoms with Gasteiger partial charge < -0.3 is 14.4 Å². The molecule has 1 unspecified atom stereocenters. The Balaban J connectivity index is 1.99. The van der Waals surface area contributed by atoms with E-state index in [1.165, 1.54) is 7.11 Å². The van der Waals surface area contributed by atoms with Crippen molar-refractivity contribution >= 4 is 11.9 Å². The fourth-order valence-corrected chi connectivity index (χ4v) is 2.35. The molecule has 1 atom stereocenters. The molecule has 1 heterocycles. The number of carbonyl (C=O) groups is 2. The summed E-state index contributed by atoms with van der Waals surface area (Å²) in [4.78, 5) is 25.5. The summed E-state index contributed by atoms with van der Waals surface area (Å²) in [6, 6.07) is 7.06. The number of esters is 1. The van der Waals surface area contributed by atoms with Gasteiger partial charge >= 0.3 is 5.97 Å². The Morgan fingerprint density at radius 3 is 2.60 bits per heavy atom. The lowest BCUT2D eigenvalue weighted by atomic mass is 10.1. The molecule has 1 aliphatic heterocycles. The monoisotopic (exact) mass is 277 g/mol. The second-order valence-corrected chi connectivity index (χ2v) is 4.72. The summed E-state index contributed by atoms with van der Waals surface area (Å²) < 4.78 is 10.1. The van der Waals surface area contributed by atoms with Crippen LogP contribution in [0.25, 0.3) is 0 Å². The van der Waals surface area contributed by atoms with Gasteiger partial charge in [0.05, 0.1) is 19.6 Å². The van der Waals surface area contributed by atoms with Gasteiger partial charge in [-0.2, -0.15) is 0 Å². The SMILES string of the molecule is CCOc1ccc(C(=O)N2CCC(C(=O)OC)C2)cc1. The van der Waals surface area contributed by atoms with Crippen molar-refractivity contribution in [3.63, 3.8) is 0 Å². The van der Waals surface area contributed by atoms with Crippen molar-refractivity contribution in [3.8, 4) is 5.75 Å². The first kappa shape index (κ1) is 14.4. The van der Waals surface area contributed by atoms with E-state index >= 15 is 0 Å². The smallest absolute Gasteiger partial charge is 0.310 e. The summed E-state index contributed by atoms with van der Waals surface area (Å²) in [6.45, 7) is 3.53. The lowest BCUT2D eigenvalue weighted by Gasteiger charge is -2.16. The third kappa shape index (κ3) is 3.10. The number of nitrogens with zero attached hydrogens (tertiary/aromatic N) is 1. The van der Waals surface area contributed by atoms with Crippen LogP contribution in [-0.2, 0) is 9.53 Å². The lowest BCUT2D eigenvalue weighted by molar-refractivity contribution is -0.144. The Morgan fingerprint density at radius 2 is 2.00 bits per heavy atom. The zero-order chi connectivity index (χ0) is 14.5. The first-order valence-corrected chi connectivity index (χ1v) is 6.75.